The van der Waals surface area contributed by atoms with Crippen molar-refractivity contribution >= 4 is 28.3 Å². The van der Waals surface area contributed by atoms with Gasteiger partial charge in [0.15, 0.2) is 5.75 Å². The van der Waals surface area contributed by atoms with Crippen molar-refractivity contribution in [3.8, 4) is 11.5 Å². The Morgan fingerprint density at radius 1 is 1.31 bits per heavy atom. The van der Waals surface area contributed by atoms with Gasteiger partial charge >= 0.3 is 5.16 Å². The molecule has 1 aliphatic rings. The van der Waals surface area contributed by atoms with Crippen LogP contribution in [0.1, 0.15) is 25.1 Å². The van der Waals surface area contributed by atoms with Crippen LogP contribution in [0.5, 0.6) is 11.5 Å². The van der Waals surface area contributed by atoms with Crippen molar-refractivity contribution in [2.75, 3.05) is 7.11 Å². The zero-order valence-electron chi connectivity index (χ0n) is 14.8. The van der Waals surface area contributed by atoms with Gasteiger partial charge in [-0.15, -0.1) is 0 Å². The number of methoxy groups -OCH3 is 1. The van der Waals surface area contributed by atoms with Crippen molar-refractivity contribution in [3.05, 3.63) is 47.8 Å². The molecule has 1 atom stereocenters. The van der Waals surface area contributed by atoms with Gasteiger partial charge in [-0.2, -0.15) is 4.98 Å². The maximum atomic E-state index is 12.9. The number of para-hydroxylation sites is 1. The van der Waals surface area contributed by atoms with Crippen molar-refractivity contribution in [3.63, 3.8) is 0 Å². The molecule has 0 aliphatic carbocycles. The van der Waals surface area contributed by atoms with Crippen LogP contribution in [0.2, 0.25) is 0 Å². The van der Waals surface area contributed by atoms with E-state index in [1.54, 1.807) is 13.3 Å². The summed E-state index contributed by atoms with van der Waals surface area (Å²) in [6.45, 7) is 3.99. The van der Waals surface area contributed by atoms with Crippen LogP contribution in [0, 0.1) is 0 Å². The smallest absolute Gasteiger partial charge is 0.322 e. The van der Waals surface area contributed by atoms with E-state index in [-0.39, 0.29) is 11.4 Å². The molecule has 1 aromatic carbocycles. The van der Waals surface area contributed by atoms with Crippen LogP contribution in [0.15, 0.2) is 41.7 Å². The predicted octanol–water partition coefficient (Wildman–Crippen LogP) is 3.46. The maximum absolute atomic E-state index is 12.9. The Hall–Kier alpha value is -2.51. The minimum absolute atomic E-state index is 0.249. The lowest BCUT2D eigenvalue weighted by Crippen LogP contribution is -2.28. The van der Waals surface area contributed by atoms with E-state index in [4.69, 9.17) is 9.47 Å². The quantitative estimate of drug-likeness (QED) is 0.712. The van der Waals surface area contributed by atoms with Crippen molar-refractivity contribution in [2.45, 2.75) is 30.4 Å². The number of fused-ring (bicyclic) bond motifs is 2. The molecular weight excluding hydrogens is 350 g/mol. The van der Waals surface area contributed by atoms with Crippen molar-refractivity contribution in [1.82, 2.24) is 15.0 Å². The third-order valence-corrected chi connectivity index (χ3v) is 5.37. The molecule has 4 rings (SSSR count). The van der Waals surface area contributed by atoms with E-state index in [0.29, 0.717) is 16.4 Å². The molecular formula is C19H19N3O3S. The third kappa shape index (κ3) is 3.04. The summed E-state index contributed by atoms with van der Waals surface area (Å²) in [6.07, 6.45) is 5.65. The highest BCUT2D eigenvalue weighted by molar-refractivity contribution is 7.90. The molecule has 0 fully saturated rings. The Morgan fingerprint density at radius 3 is 2.96 bits per heavy atom. The molecule has 0 saturated heterocycles. The van der Waals surface area contributed by atoms with Crippen molar-refractivity contribution in [1.29, 1.82) is 0 Å². The van der Waals surface area contributed by atoms with Gasteiger partial charge in [0, 0.05) is 22.9 Å². The normalized spacial score (nSPS) is 16.2. The molecule has 1 N–H and O–H groups in total. The van der Waals surface area contributed by atoms with Crippen LogP contribution < -0.4 is 9.47 Å². The number of nitrogens with one attached hydrogen (secondary N) is 1. The summed E-state index contributed by atoms with van der Waals surface area (Å²) < 4.78 is 24.1. The number of aromatic amines is 1. The average molecular weight is 369 g/mol. The van der Waals surface area contributed by atoms with E-state index < -0.39 is 11.2 Å². The Kier molecular flexibility index (Phi) is 4.13. The minimum Gasteiger partial charge on any atom is -0.609 e. The SMILES string of the molecule is COc1cccc2[nH]c([S+]([O-])Cc3nccc4c3C=CC(C)(C)O4)nc12. The lowest BCUT2D eigenvalue weighted by molar-refractivity contribution is 0.158. The van der Waals surface area contributed by atoms with Gasteiger partial charge in [0.2, 0.25) is 0 Å². The van der Waals surface area contributed by atoms with Gasteiger partial charge in [-0.3, -0.25) is 9.97 Å². The maximum Gasteiger partial charge on any atom is 0.322 e. The largest absolute Gasteiger partial charge is 0.609 e. The first kappa shape index (κ1) is 16.9. The minimum atomic E-state index is -1.37. The summed E-state index contributed by atoms with van der Waals surface area (Å²) in [5, 5.41) is 0.407. The fourth-order valence-corrected chi connectivity index (χ4v) is 3.96. The standard InChI is InChI=1S/C19H19N3O3S/c1-19(2)9-7-12-14(20-10-8-15(12)25-19)11-26(23)18-21-13-5-4-6-16(24-3)17(13)22-18/h4-10H,11H2,1-3H3,(H,21,22). The molecule has 0 spiro atoms. The summed E-state index contributed by atoms with van der Waals surface area (Å²) in [6, 6.07) is 7.41. The second-order valence-electron chi connectivity index (χ2n) is 6.60. The first-order chi connectivity index (χ1) is 12.5. The van der Waals surface area contributed by atoms with Crippen LogP contribution in [-0.4, -0.2) is 32.2 Å². The second kappa shape index (κ2) is 6.34. The number of benzene rings is 1. The number of imidazole rings is 1. The number of H-pyrrole nitrogens is 1. The van der Waals surface area contributed by atoms with Crippen LogP contribution in [-0.2, 0) is 16.9 Å². The van der Waals surface area contributed by atoms with Gasteiger partial charge in [0.1, 0.15) is 28.3 Å². The summed E-state index contributed by atoms with van der Waals surface area (Å²) in [4.78, 5) is 12.0. The van der Waals surface area contributed by atoms with Crippen LogP contribution in [0.25, 0.3) is 17.1 Å². The molecule has 26 heavy (non-hydrogen) atoms. The summed E-state index contributed by atoms with van der Waals surface area (Å²) in [5.41, 5.74) is 2.70. The summed E-state index contributed by atoms with van der Waals surface area (Å²) in [7, 11) is 1.59. The molecule has 0 radical (unpaired) electrons. The number of rotatable bonds is 4. The number of pyridine rings is 1. The first-order valence-corrected chi connectivity index (χ1v) is 9.56. The highest BCUT2D eigenvalue weighted by Crippen LogP contribution is 2.33. The summed E-state index contributed by atoms with van der Waals surface area (Å²) in [5.74, 6) is 1.65. The molecule has 0 bridgehead atoms. The molecule has 6 nitrogen and oxygen atoms in total. The second-order valence-corrected chi connectivity index (χ2v) is 7.96. The molecule has 1 aliphatic heterocycles. The first-order valence-electron chi connectivity index (χ1n) is 8.24. The van der Waals surface area contributed by atoms with Gasteiger partial charge in [-0.1, -0.05) is 6.07 Å². The van der Waals surface area contributed by atoms with Gasteiger partial charge in [0.05, 0.1) is 12.6 Å². The molecule has 0 amide bonds. The summed E-state index contributed by atoms with van der Waals surface area (Å²) >= 11 is -1.37. The molecule has 3 aromatic rings. The highest BCUT2D eigenvalue weighted by Gasteiger charge is 2.26. The number of nitrogens with zero attached hydrogens (tertiary/aromatic N) is 2. The molecule has 0 saturated carbocycles. The van der Waals surface area contributed by atoms with Gasteiger partial charge in [-0.05, 0) is 44.2 Å². The van der Waals surface area contributed by atoms with Gasteiger partial charge in [0.25, 0.3) is 0 Å². The zero-order valence-corrected chi connectivity index (χ0v) is 15.6. The Labute approximate surface area is 154 Å². The van der Waals surface area contributed by atoms with E-state index in [2.05, 4.69) is 15.0 Å². The van der Waals surface area contributed by atoms with Gasteiger partial charge in [-0.25, -0.2) is 0 Å². The van der Waals surface area contributed by atoms with Crippen LogP contribution in [0.3, 0.4) is 0 Å². The average Bonchev–Trinajstić information content (AvgIpc) is 3.05. The molecule has 7 heteroatoms. The van der Waals surface area contributed by atoms with E-state index >= 15 is 0 Å². The van der Waals surface area contributed by atoms with E-state index in [1.165, 1.54) is 0 Å². The topological polar surface area (TPSA) is 83.1 Å². The third-order valence-electron chi connectivity index (χ3n) is 4.21. The van der Waals surface area contributed by atoms with E-state index in [9.17, 15) is 4.55 Å². The fraction of sp³-hybridized carbons (Fsp3) is 0.263. The monoisotopic (exact) mass is 369 g/mol. The molecule has 134 valence electrons. The van der Waals surface area contributed by atoms with Crippen LogP contribution >= 0.6 is 0 Å². The number of aromatic nitrogens is 3. The Balaban J connectivity index is 1.65. The van der Waals surface area contributed by atoms with Crippen LogP contribution in [0.4, 0.5) is 0 Å². The number of hydrogen-bond donors (Lipinski definition) is 1. The highest BCUT2D eigenvalue weighted by atomic mass is 32.2. The number of hydrogen-bond acceptors (Lipinski definition) is 5. The fourth-order valence-electron chi connectivity index (χ4n) is 2.93. The van der Waals surface area contributed by atoms with Gasteiger partial charge < -0.3 is 14.0 Å². The lowest BCUT2D eigenvalue weighted by Gasteiger charge is -2.28. The van der Waals surface area contributed by atoms with E-state index in [0.717, 1.165) is 22.5 Å². The van der Waals surface area contributed by atoms with E-state index in [1.807, 2.05) is 50.3 Å². The Bertz CT molecular complexity index is 997. The molecule has 1 unspecified atom stereocenters. The molecule has 3 heterocycles. The zero-order chi connectivity index (χ0) is 18.3. The number of ether oxygens (including phenoxy) is 2. The Morgan fingerprint density at radius 2 is 2.15 bits per heavy atom. The van der Waals surface area contributed by atoms with Crippen molar-refractivity contribution < 1.29 is 14.0 Å². The van der Waals surface area contributed by atoms with Crippen molar-refractivity contribution in [2.24, 2.45) is 0 Å². The lowest BCUT2D eigenvalue weighted by atomic mass is 10.0. The molecule has 2 aromatic heterocycles. The predicted molar refractivity (Wildman–Crippen MR) is 101 cm³/mol.